The number of aryl methyl sites for hydroxylation is 1. The SMILES string of the molecule is Cc1cc2c(NCCC3CCCC3)nc(N)nc2s1. The lowest BCUT2D eigenvalue weighted by atomic mass is 10.0. The van der Waals surface area contributed by atoms with Crippen LogP contribution in [0.5, 0.6) is 0 Å². The summed E-state index contributed by atoms with van der Waals surface area (Å²) in [6, 6.07) is 2.14. The fraction of sp³-hybridized carbons (Fsp3) is 0.571. The Bertz CT molecular complexity index is 572. The molecule has 1 aliphatic carbocycles. The summed E-state index contributed by atoms with van der Waals surface area (Å²) < 4.78 is 0. The summed E-state index contributed by atoms with van der Waals surface area (Å²) in [5, 5.41) is 4.54. The Balaban J connectivity index is 1.72. The number of nitrogens with one attached hydrogen (secondary N) is 1. The molecule has 5 heteroatoms. The third-order valence-corrected chi connectivity index (χ3v) is 4.80. The van der Waals surface area contributed by atoms with Gasteiger partial charge < -0.3 is 11.1 Å². The van der Waals surface area contributed by atoms with Gasteiger partial charge in [0.2, 0.25) is 5.95 Å². The average molecular weight is 276 g/mol. The average Bonchev–Trinajstić information content (AvgIpc) is 2.97. The highest BCUT2D eigenvalue weighted by molar-refractivity contribution is 7.18. The van der Waals surface area contributed by atoms with Crippen LogP contribution in [-0.4, -0.2) is 16.5 Å². The molecule has 19 heavy (non-hydrogen) atoms. The van der Waals surface area contributed by atoms with Crippen molar-refractivity contribution in [3.8, 4) is 0 Å². The van der Waals surface area contributed by atoms with Gasteiger partial charge in [-0.2, -0.15) is 4.98 Å². The summed E-state index contributed by atoms with van der Waals surface area (Å²) in [4.78, 5) is 10.9. The molecule has 3 N–H and O–H groups in total. The number of aromatic nitrogens is 2. The maximum atomic E-state index is 5.77. The number of nitrogens with zero attached hydrogens (tertiary/aromatic N) is 2. The first-order valence-corrected chi connectivity index (χ1v) is 7.81. The predicted octanol–water partition coefficient (Wildman–Crippen LogP) is 3.57. The van der Waals surface area contributed by atoms with Crippen LogP contribution in [0.2, 0.25) is 0 Å². The van der Waals surface area contributed by atoms with Crippen molar-refractivity contribution in [2.75, 3.05) is 17.6 Å². The molecule has 0 unspecified atom stereocenters. The molecule has 0 saturated heterocycles. The molecule has 2 heterocycles. The Morgan fingerprint density at radius 2 is 2.16 bits per heavy atom. The van der Waals surface area contributed by atoms with E-state index in [4.69, 9.17) is 5.73 Å². The molecule has 0 spiro atoms. The van der Waals surface area contributed by atoms with Crippen LogP contribution in [0.15, 0.2) is 6.07 Å². The summed E-state index contributed by atoms with van der Waals surface area (Å²) in [5.74, 6) is 2.15. The lowest BCUT2D eigenvalue weighted by molar-refractivity contribution is 0.518. The van der Waals surface area contributed by atoms with E-state index in [2.05, 4.69) is 28.3 Å². The topological polar surface area (TPSA) is 63.8 Å². The Labute approximate surface area is 117 Å². The summed E-state index contributed by atoms with van der Waals surface area (Å²) in [7, 11) is 0. The van der Waals surface area contributed by atoms with Crippen LogP contribution < -0.4 is 11.1 Å². The van der Waals surface area contributed by atoms with E-state index in [0.717, 1.165) is 28.5 Å². The van der Waals surface area contributed by atoms with Crippen molar-refractivity contribution in [1.82, 2.24) is 9.97 Å². The molecule has 0 aromatic carbocycles. The van der Waals surface area contributed by atoms with Gasteiger partial charge in [-0.05, 0) is 25.3 Å². The molecule has 0 aliphatic heterocycles. The molecule has 0 amide bonds. The van der Waals surface area contributed by atoms with Crippen molar-refractivity contribution in [2.45, 2.75) is 39.0 Å². The quantitative estimate of drug-likeness (QED) is 0.896. The van der Waals surface area contributed by atoms with E-state index in [-0.39, 0.29) is 0 Å². The fourth-order valence-electron chi connectivity index (χ4n) is 2.89. The molecule has 1 aliphatic rings. The van der Waals surface area contributed by atoms with Crippen LogP contribution in [-0.2, 0) is 0 Å². The molecule has 3 rings (SSSR count). The van der Waals surface area contributed by atoms with E-state index in [1.54, 1.807) is 11.3 Å². The van der Waals surface area contributed by atoms with Crippen LogP contribution in [0.25, 0.3) is 10.2 Å². The molecular formula is C14H20N4S. The minimum Gasteiger partial charge on any atom is -0.369 e. The van der Waals surface area contributed by atoms with Crippen molar-refractivity contribution in [2.24, 2.45) is 5.92 Å². The van der Waals surface area contributed by atoms with Gasteiger partial charge in [0.05, 0.1) is 5.39 Å². The van der Waals surface area contributed by atoms with Gasteiger partial charge in [0.25, 0.3) is 0 Å². The maximum Gasteiger partial charge on any atom is 0.223 e. The highest BCUT2D eigenvalue weighted by Crippen LogP contribution is 2.30. The number of anilines is 2. The molecule has 102 valence electrons. The Morgan fingerprint density at radius 1 is 1.37 bits per heavy atom. The van der Waals surface area contributed by atoms with Crippen LogP contribution in [0.4, 0.5) is 11.8 Å². The van der Waals surface area contributed by atoms with Gasteiger partial charge in [-0.1, -0.05) is 25.7 Å². The minimum absolute atomic E-state index is 0.359. The predicted molar refractivity (Wildman–Crippen MR) is 81.6 cm³/mol. The molecule has 4 nitrogen and oxygen atoms in total. The van der Waals surface area contributed by atoms with E-state index in [1.165, 1.54) is 37.0 Å². The molecular weight excluding hydrogens is 256 g/mol. The highest BCUT2D eigenvalue weighted by atomic mass is 32.1. The van der Waals surface area contributed by atoms with E-state index in [9.17, 15) is 0 Å². The minimum atomic E-state index is 0.359. The number of nitrogen functional groups attached to an aromatic ring is 1. The molecule has 2 aromatic heterocycles. The van der Waals surface area contributed by atoms with Gasteiger partial charge in [0.1, 0.15) is 10.6 Å². The number of nitrogens with two attached hydrogens (primary N) is 1. The van der Waals surface area contributed by atoms with Crippen LogP contribution in [0.1, 0.15) is 37.0 Å². The largest absolute Gasteiger partial charge is 0.369 e. The van der Waals surface area contributed by atoms with Gasteiger partial charge in [-0.25, -0.2) is 4.98 Å². The Hall–Kier alpha value is -1.36. The van der Waals surface area contributed by atoms with Crippen LogP contribution >= 0.6 is 11.3 Å². The number of hydrogen-bond acceptors (Lipinski definition) is 5. The lowest BCUT2D eigenvalue weighted by Crippen LogP contribution is -2.09. The number of rotatable bonds is 4. The zero-order valence-electron chi connectivity index (χ0n) is 11.3. The second kappa shape index (κ2) is 5.33. The standard InChI is InChI=1S/C14H20N4S/c1-9-8-11-12(17-14(15)18-13(11)19-9)16-7-6-10-4-2-3-5-10/h8,10H,2-7H2,1H3,(H3,15,16,17,18). The Morgan fingerprint density at radius 3 is 2.95 bits per heavy atom. The first kappa shape index (κ1) is 12.7. The van der Waals surface area contributed by atoms with Crippen molar-refractivity contribution in [1.29, 1.82) is 0 Å². The van der Waals surface area contributed by atoms with Gasteiger partial charge >= 0.3 is 0 Å². The van der Waals surface area contributed by atoms with E-state index >= 15 is 0 Å². The van der Waals surface area contributed by atoms with E-state index < -0.39 is 0 Å². The first-order valence-electron chi connectivity index (χ1n) is 7.00. The van der Waals surface area contributed by atoms with Crippen molar-refractivity contribution in [3.63, 3.8) is 0 Å². The molecule has 0 atom stereocenters. The van der Waals surface area contributed by atoms with Crippen molar-refractivity contribution < 1.29 is 0 Å². The van der Waals surface area contributed by atoms with Crippen molar-refractivity contribution in [3.05, 3.63) is 10.9 Å². The lowest BCUT2D eigenvalue weighted by Gasteiger charge is -2.11. The van der Waals surface area contributed by atoms with Gasteiger partial charge in [-0.15, -0.1) is 11.3 Å². The maximum absolute atomic E-state index is 5.77. The monoisotopic (exact) mass is 276 g/mol. The van der Waals surface area contributed by atoms with Crippen molar-refractivity contribution >= 4 is 33.3 Å². The Kier molecular flexibility index (Phi) is 3.55. The molecule has 0 bridgehead atoms. The first-order chi connectivity index (χ1) is 9.22. The fourth-order valence-corrected chi connectivity index (χ4v) is 3.77. The van der Waals surface area contributed by atoms with Gasteiger partial charge in [0.15, 0.2) is 0 Å². The second-order valence-electron chi connectivity index (χ2n) is 5.37. The van der Waals surface area contributed by atoms with Crippen LogP contribution in [0.3, 0.4) is 0 Å². The van der Waals surface area contributed by atoms with E-state index in [1.807, 2.05) is 0 Å². The van der Waals surface area contributed by atoms with Gasteiger partial charge in [0, 0.05) is 11.4 Å². The summed E-state index contributed by atoms with van der Waals surface area (Å²) in [6.45, 7) is 3.07. The summed E-state index contributed by atoms with van der Waals surface area (Å²) in [5.41, 5.74) is 5.77. The zero-order chi connectivity index (χ0) is 13.2. The number of fused-ring (bicyclic) bond motifs is 1. The zero-order valence-corrected chi connectivity index (χ0v) is 12.1. The normalized spacial score (nSPS) is 16.3. The van der Waals surface area contributed by atoms with Gasteiger partial charge in [-0.3, -0.25) is 0 Å². The summed E-state index contributed by atoms with van der Waals surface area (Å²) in [6.07, 6.45) is 6.81. The smallest absolute Gasteiger partial charge is 0.223 e. The van der Waals surface area contributed by atoms with Crippen LogP contribution in [0, 0.1) is 12.8 Å². The summed E-state index contributed by atoms with van der Waals surface area (Å²) >= 11 is 1.67. The molecule has 0 radical (unpaired) electrons. The molecule has 2 aromatic rings. The third kappa shape index (κ3) is 2.81. The second-order valence-corrected chi connectivity index (χ2v) is 6.61. The van der Waals surface area contributed by atoms with E-state index in [0.29, 0.717) is 5.95 Å². The molecule has 1 saturated carbocycles. The highest BCUT2D eigenvalue weighted by Gasteiger charge is 2.15. The number of thiophene rings is 1. The third-order valence-electron chi connectivity index (χ3n) is 3.85. The molecule has 1 fully saturated rings. The number of hydrogen-bond donors (Lipinski definition) is 2.